The van der Waals surface area contributed by atoms with E-state index in [4.69, 9.17) is 31.8 Å². The molecule has 0 heterocycles. The molecule has 314 valence electrons. The molecule has 0 bridgehead atoms. The van der Waals surface area contributed by atoms with E-state index in [0.29, 0.717) is 26.4 Å². The zero-order valence-electron chi connectivity index (χ0n) is 33.0. The lowest BCUT2D eigenvalue weighted by Crippen LogP contribution is -2.17. The van der Waals surface area contributed by atoms with Crippen LogP contribution in [0.4, 0.5) is 0 Å². The maximum Gasteiger partial charge on any atom is 0.0718 e. The standard InChI is InChI=1S/C28H30N2O2.C12H10Br2.C8H11NO.3H2S/c29-27(24-7-3-1-4-8-24)19-31-17-21-11-13-23-14-12-22(16-26(23)15-21)18-32-20-28(30)25-9-5-2-6-10-25;13-7-9-1-3-11-4-2-10(8-14)6-12(11)5-9;9-8(6-10)7-4-2-1-3-5-7;;;/h1-16,27-28H,17-20,29-30H2;1-6H,7-8H2;1-5,8,10H,6,9H2;3*1H2/t27-,28-;;8-;;;/m1.1.../s1. The summed E-state index contributed by atoms with van der Waals surface area (Å²) in [7, 11) is 0. The number of rotatable bonds is 14. The molecule has 7 aromatic carbocycles. The van der Waals surface area contributed by atoms with Crippen LogP contribution in [0.5, 0.6) is 0 Å². The van der Waals surface area contributed by atoms with Gasteiger partial charge in [-0.3, -0.25) is 0 Å². The van der Waals surface area contributed by atoms with Gasteiger partial charge in [-0.05, 0) is 72.6 Å². The highest BCUT2D eigenvalue weighted by Gasteiger charge is 2.08. The van der Waals surface area contributed by atoms with Crippen LogP contribution in [-0.2, 0) is 33.3 Å². The second kappa shape index (κ2) is 28.4. The molecule has 0 spiro atoms. The van der Waals surface area contributed by atoms with Crippen molar-refractivity contribution in [3.05, 3.63) is 203 Å². The van der Waals surface area contributed by atoms with Crippen LogP contribution < -0.4 is 17.2 Å². The van der Waals surface area contributed by atoms with Crippen LogP contribution in [0.1, 0.15) is 57.1 Å². The Kier molecular flexibility index (Phi) is 25.0. The van der Waals surface area contributed by atoms with Crippen molar-refractivity contribution in [3.8, 4) is 0 Å². The molecule has 7 aromatic rings. The molecule has 0 amide bonds. The molecule has 6 nitrogen and oxygen atoms in total. The number of ether oxygens (including phenoxy) is 2. The summed E-state index contributed by atoms with van der Waals surface area (Å²) >= 11 is 6.94. The molecule has 0 saturated heterocycles. The summed E-state index contributed by atoms with van der Waals surface area (Å²) in [5, 5.41) is 15.5. The molecule has 59 heavy (non-hydrogen) atoms. The molecule has 0 aliphatic heterocycles. The number of hydrogen-bond donors (Lipinski definition) is 4. The van der Waals surface area contributed by atoms with E-state index in [9.17, 15) is 0 Å². The highest BCUT2D eigenvalue weighted by atomic mass is 79.9. The molecule has 0 saturated carbocycles. The van der Waals surface area contributed by atoms with Gasteiger partial charge in [-0.1, -0.05) is 184 Å². The fourth-order valence-corrected chi connectivity index (χ4v) is 6.74. The van der Waals surface area contributed by atoms with Gasteiger partial charge in [-0.15, -0.1) is 0 Å². The van der Waals surface area contributed by atoms with E-state index in [0.717, 1.165) is 38.5 Å². The van der Waals surface area contributed by atoms with Crippen molar-refractivity contribution in [2.75, 3.05) is 19.8 Å². The monoisotopic (exact) mass is 977 g/mol. The van der Waals surface area contributed by atoms with Gasteiger partial charge < -0.3 is 31.8 Å². The van der Waals surface area contributed by atoms with E-state index in [2.05, 4.69) is 105 Å². The van der Waals surface area contributed by atoms with Gasteiger partial charge in [0.2, 0.25) is 0 Å². The molecule has 7 rings (SSSR count). The molecule has 0 radical (unpaired) electrons. The topological polar surface area (TPSA) is 117 Å². The van der Waals surface area contributed by atoms with Crippen molar-refractivity contribution >= 4 is 93.9 Å². The molecule has 0 fully saturated rings. The van der Waals surface area contributed by atoms with Gasteiger partial charge >= 0.3 is 0 Å². The average molecular weight is 980 g/mol. The van der Waals surface area contributed by atoms with E-state index >= 15 is 0 Å². The molecule has 11 heteroatoms. The third-order valence-corrected chi connectivity index (χ3v) is 10.6. The number of benzene rings is 7. The molecule has 0 aromatic heterocycles. The number of fused-ring (bicyclic) bond motifs is 2. The summed E-state index contributed by atoms with van der Waals surface area (Å²) in [6.07, 6.45) is 0. The van der Waals surface area contributed by atoms with Gasteiger partial charge in [0.15, 0.2) is 0 Å². The number of nitrogens with two attached hydrogens (primary N) is 3. The van der Waals surface area contributed by atoms with Crippen LogP contribution in [0.25, 0.3) is 21.5 Å². The van der Waals surface area contributed by atoms with Crippen LogP contribution in [0.2, 0.25) is 0 Å². The Balaban J connectivity index is 0.000000367. The van der Waals surface area contributed by atoms with Gasteiger partial charge in [0.25, 0.3) is 0 Å². The number of aliphatic hydroxyl groups is 1. The quantitative estimate of drug-likeness (QED) is 0.0807. The largest absolute Gasteiger partial charge is 0.394 e. The summed E-state index contributed by atoms with van der Waals surface area (Å²) in [6, 6.07) is 55.1. The lowest BCUT2D eigenvalue weighted by molar-refractivity contribution is 0.108. The predicted octanol–water partition coefficient (Wildman–Crippen LogP) is 10.9. The first-order chi connectivity index (χ1) is 27.4. The number of aliphatic hydroxyl groups excluding tert-OH is 1. The molecule has 0 aliphatic rings. The fourth-order valence-electron chi connectivity index (χ4n) is 6.04. The van der Waals surface area contributed by atoms with Crippen LogP contribution >= 0.6 is 72.3 Å². The molecular weight excluding hydrogens is 923 g/mol. The second-order valence-corrected chi connectivity index (χ2v) is 14.7. The van der Waals surface area contributed by atoms with Crippen molar-refractivity contribution in [2.45, 2.75) is 42.0 Å². The van der Waals surface area contributed by atoms with E-state index in [1.54, 1.807) is 0 Å². The Morgan fingerprint density at radius 1 is 0.407 bits per heavy atom. The summed E-state index contributed by atoms with van der Waals surface area (Å²) in [6.45, 7) is 2.03. The zero-order chi connectivity index (χ0) is 39.5. The second-order valence-electron chi connectivity index (χ2n) is 13.6. The first-order valence-corrected chi connectivity index (χ1v) is 20.9. The van der Waals surface area contributed by atoms with Crippen LogP contribution in [0.3, 0.4) is 0 Å². The zero-order valence-corrected chi connectivity index (χ0v) is 39.2. The minimum absolute atomic E-state index is 0. The summed E-state index contributed by atoms with van der Waals surface area (Å²) < 4.78 is 11.8. The third kappa shape index (κ3) is 17.0. The number of alkyl halides is 2. The first-order valence-electron chi connectivity index (χ1n) is 18.7. The molecule has 0 aliphatic carbocycles. The van der Waals surface area contributed by atoms with Crippen LogP contribution in [0.15, 0.2) is 164 Å². The Labute approximate surface area is 387 Å². The van der Waals surface area contributed by atoms with E-state index in [-0.39, 0.29) is 65.2 Å². The predicted molar refractivity (Wildman–Crippen MR) is 271 cm³/mol. The van der Waals surface area contributed by atoms with Gasteiger partial charge in [-0.2, -0.15) is 40.5 Å². The van der Waals surface area contributed by atoms with E-state index < -0.39 is 0 Å². The highest BCUT2D eigenvalue weighted by molar-refractivity contribution is 9.08. The Morgan fingerprint density at radius 3 is 1.03 bits per heavy atom. The maximum atomic E-state index is 8.66. The summed E-state index contributed by atoms with van der Waals surface area (Å²) in [4.78, 5) is 0. The molecular formula is C48H57Br2N3O3S3. The van der Waals surface area contributed by atoms with E-state index in [1.165, 1.54) is 32.7 Å². The lowest BCUT2D eigenvalue weighted by atomic mass is 10.0. The number of hydrogen-bond acceptors (Lipinski definition) is 6. The minimum Gasteiger partial charge on any atom is -0.394 e. The van der Waals surface area contributed by atoms with Crippen molar-refractivity contribution < 1.29 is 14.6 Å². The molecule has 0 unspecified atom stereocenters. The maximum absolute atomic E-state index is 8.66. The van der Waals surface area contributed by atoms with Gasteiger partial charge in [0.05, 0.1) is 51.2 Å². The normalized spacial score (nSPS) is 11.9. The smallest absolute Gasteiger partial charge is 0.0718 e. The van der Waals surface area contributed by atoms with Crippen molar-refractivity contribution in [2.24, 2.45) is 17.2 Å². The van der Waals surface area contributed by atoms with Crippen molar-refractivity contribution in [1.29, 1.82) is 0 Å². The van der Waals surface area contributed by atoms with Crippen LogP contribution in [-0.4, -0.2) is 24.9 Å². The SMILES string of the molecule is BrCc1ccc2ccc(CBr)cc2c1.N[C@H](CO)c1ccccc1.N[C@H](COCc1ccc2ccc(COC[C@@H](N)c3ccccc3)cc2c1)c1ccccc1.S.S.S. The van der Waals surface area contributed by atoms with Gasteiger partial charge in [0, 0.05) is 10.7 Å². The van der Waals surface area contributed by atoms with Crippen molar-refractivity contribution in [3.63, 3.8) is 0 Å². The van der Waals surface area contributed by atoms with E-state index in [1.807, 2.05) is 91.0 Å². The Morgan fingerprint density at radius 2 is 0.712 bits per heavy atom. The number of halogens is 2. The molecule has 3 atom stereocenters. The van der Waals surface area contributed by atoms with Crippen molar-refractivity contribution in [1.82, 2.24) is 0 Å². The summed E-state index contributed by atoms with van der Waals surface area (Å²) in [5.41, 5.74) is 26.0. The third-order valence-electron chi connectivity index (χ3n) is 9.26. The molecule has 7 N–H and O–H groups in total. The summed E-state index contributed by atoms with van der Waals surface area (Å²) in [5.74, 6) is 0. The van der Waals surface area contributed by atoms with Gasteiger partial charge in [-0.25, -0.2) is 0 Å². The van der Waals surface area contributed by atoms with Crippen LogP contribution in [0, 0.1) is 0 Å². The lowest BCUT2D eigenvalue weighted by Gasteiger charge is -2.14. The minimum atomic E-state index is -0.235. The Bertz CT molecular complexity index is 2080. The highest BCUT2D eigenvalue weighted by Crippen LogP contribution is 2.22. The average Bonchev–Trinajstić information content (AvgIpc) is 3.26. The van der Waals surface area contributed by atoms with Gasteiger partial charge in [0.1, 0.15) is 0 Å². The fraction of sp³-hybridized carbons (Fsp3) is 0.208. The Hall–Kier alpha value is -3.17. The first kappa shape index (κ1) is 52.0.